The van der Waals surface area contributed by atoms with Gasteiger partial charge in [0.2, 0.25) is 0 Å². The van der Waals surface area contributed by atoms with Crippen LogP contribution in [-0.4, -0.2) is 0 Å². The smallest absolute Gasteiger partial charge is 0.207 e. The van der Waals surface area contributed by atoms with Crippen LogP contribution >= 0.6 is 0 Å². The Kier molecular flexibility index (Phi) is 5.83. The Balaban J connectivity index is 2.91. The predicted molar refractivity (Wildman–Crippen MR) is 68.2 cm³/mol. The van der Waals surface area contributed by atoms with Crippen molar-refractivity contribution in [3.63, 3.8) is 0 Å². The van der Waals surface area contributed by atoms with Crippen LogP contribution < -0.4 is 0 Å². The fourth-order valence-electron chi connectivity index (χ4n) is 2.26. The molecule has 0 nitrogen and oxygen atoms in total. The lowest BCUT2D eigenvalue weighted by molar-refractivity contribution is -0.0708. The summed E-state index contributed by atoms with van der Waals surface area (Å²) in [4.78, 5) is 0. The van der Waals surface area contributed by atoms with Gasteiger partial charge >= 0.3 is 0 Å². The second-order valence-electron chi connectivity index (χ2n) is 4.88. The number of rotatable bonds is 7. The minimum Gasteiger partial charge on any atom is -0.207 e. The summed E-state index contributed by atoms with van der Waals surface area (Å²) in [5, 5.41) is 0. The van der Waals surface area contributed by atoms with Crippen LogP contribution in [0.15, 0.2) is 18.2 Å². The molecule has 0 aliphatic carbocycles. The van der Waals surface area contributed by atoms with Gasteiger partial charge in [-0.05, 0) is 25.0 Å². The summed E-state index contributed by atoms with van der Waals surface area (Å²) in [7, 11) is 0. The summed E-state index contributed by atoms with van der Waals surface area (Å²) in [6, 6.07) is 2.06. The third kappa shape index (κ3) is 4.22. The van der Waals surface area contributed by atoms with Gasteiger partial charge in [-0.25, -0.2) is 17.6 Å². The first-order valence-corrected chi connectivity index (χ1v) is 6.76. The molecule has 0 amide bonds. The van der Waals surface area contributed by atoms with Gasteiger partial charge in [-0.3, -0.25) is 0 Å². The maximum absolute atomic E-state index is 14.3. The van der Waals surface area contributed by atoms with Crippen LogP contribution in [0.25, 0.3) is 0 Å². The van der Waals surface area contributed by atoms with Crippen molar-refractivity contribution >= 4 is 0 Å². The lowest BCUT2D eigenvalue weighted by Crippen LogP contribution is -2.25. The molecule has 1 unspecified atom stereocenters. The van der Waals surface area contributed by atoms with E-state index in [1.54, 1.807) is 6.92 Å². The molecule has 0 saturated carbocycles. The summed E-state index contributed by atoms with van der Waals surface area (Å²) >= 11 is 0. The van der Waals surface area contributed by atoms with Gasteiger partial charge in [-0.1, -0.05) is 33.1 Å². The van der Waals surface area contributed by atoms with Crippen LogP contribution in [0.5, 0.6) is 0 Å². The molecule has 0 radical (unpaired) electrons. The Bertz CT molecular complexity index is 381. The summed E-state index contributed by atoms with van der Waals surface area (Å²) < 4.78 is 54.7. The van der Waals surface area contributed by atoms with E-state index < -0.39 is 29.0 Å². The largest absolute Gasteiger partial charge is 0.276 e. The average molecular weight is 276 g/mol. The number of halogens is 4. The van der Waals surface area contributed by atoms with Crippen LogP contribution in [-0.2, 0) is 5.92 Å². The molecule has 4 heteroatoms. The zero-order chi connectivity index (χ0) is 14.5. The highest BCUT2D eigenvalue weighted by molar-refractivity contribution is 5.23. The number of unbranched alkanes of at least 4 members (excludes halogenated alkanes) is 2. The average Bonchev–Trinajstić information content (AvgIpc) is 2.33. The van der Waals surface area contributed by atoms with Gasteiger partial charge in [-0.15, -0.1) is 0 Å². The van der Waals surface area contributed by atoms with E-state index in [1.165, 1.54) is 0 Å². The second-order valence-corrected chi connectivity index (χ2v) is 4.88. The molecule has 1 aromatic rings. The molecule has 1 aromatic carbocycles. The topological polar surface area (TPSA) is 0 Å². The molecule has 0 fully saturated rings. The van der Waals surface area contributed by atoms with Gasteiger partial charge in [0.25, 0.3) is 5.92 Å². The van der Waals surface area contributed by atoms with E-state index in [0.29, 0.717) is 18.9 Å². The van der Waals surface area contributed by atoms with E-state index in [4.69, 9.17) is 0 Å². The molecule has 0 N–H and O–H groups in total. The van der Waals surface area contributed by atoms with Crippen LogP contribution in [0.1, 0.15) is 51.5 Å². The Hall–Kier alpha value is -1.06. The molecule has 0 aromatic heterocycles. The van der Waals surface area contributed by atoms with Gasteiger partial charge in [0, 0.05) is 17.5 Å². The van der Waals surface area contributed by atoms with Crippen LogP contribution in [0.3, 0.4) is 0 Å². The van der Waals surface area contributed by atoms with Crippen molar-refractivity contribution in [2.24, 2.45) is 5.92 Å². The molecule has 0 saturated heterocycles. The Morgan fingerprint density at radius 1 is 1.00 bits per heavy atom. The van der Waals surface area contributed by atoms with E-state index in [1.807, 2.05) is 6.92 Å². The van der Waals surface area contributed by atoms with Crippen LogP contribution in [0, 0.1) is 17.6 Å². The lowest BCUT2D eigenvalue weighted by Gasteiger charge is -2.26. The van der Waals surface area contributed by atoms with Gasteiger partial charge in [-0.2, -0.15) is 0 Å². The first-order chi connectivity index (χ1) is 8.91. The third-order valence-corrected chi connectivity index (χ3v) is 3.41. The van der Waals surface area contributed by atoms with Gasteiger partial charge in [0.1, 0.15) is 11.6 Å². The van der Waals surface area contributed by atoms with Crippen molar-refractivity contribution < 1.29 is 17.6 Å². The minimum atomic E-state index is -3.19. The summed E-state index contributed by atoms with van der Waals surface area (Å²) in [5.41, 5.74) is -0.562. The normalized spacial score (nSPS) is 13.6. The molecule has 0 aliphatic rings. The molecule has 0 bridgehead atoms. The summed E-state index contributed by atoms with van der Waals surface area (Å²) in [6.07, 6.45) is 3.22. The maximum Gasteiger partial charge on any atom is 0.276 e. The zero-order valence-corrected chi connectivity index (χ0v) is 11.4. The van der Waals surface area contributed by atoms with Gasteiger partial charge in [0.15, 0.2) is 0 Å². The molecule has 0 spiro atoms. The minimum absolute atomic E-state index is 0.287. The fourth-order valence-corrected chi connectivity index (χ4v) is 2.26. The third-order valence-electron chi connectivity index (χ3n) is 3.41. The predicted octanol–water partition coefficient (Wildman–Crippen LogP) is 5.66. The number of hydrogen-bond acceptors (Lipinski definition) is 0. The molecule has 1 atom stereocenters. The highest BCUT2D eigenvalue weighted by atomic mass is 19.3. The van der Waals surface area contributed by atoms with Crippen molar-refractivity contribution in [1.29, 1.82) is 0 Å². The molecule has 0 heterocycles. The fraction of sp³-hybridized carbons (Fsp3) is 0.600. The van der Waals surface area contributed by atoms with Crippen molar-refractivity contribution in [3.8, 4) is 0 Å². The number of hydrogen-bond donors (Lipinski definition) is 0. The summed E-state index contributed by atoms with van der Waals surface area (Å²) in [5.74, 6) is -5.98. The SMILES string of the molecule is CCCCCC(CC)C(F)(F)c1cc(F)cc(F)c1. The Morgan fingerprint density at radius 2 is 1.58 bits per heavy atom. The molecule has 19 heavy (non-hydrogen) atoms. The standard InChI is InChI=1S/C15H20F4/c1-3-5-6-7-11(4-2)15(18,19)12-8-13(16)10-14(17)9-12/h8-11H,3-7H2,1-2H3. The zero-order valence-electron chi connectivity index (χ0n) is 11.4. The molecule has 1 rings (SSSR count). The van der Waals surface area contributed by atoms with E-state index in [9.17, 15) is 17.6 Å². The lowest BCUT2D eigenvalue weighted by atomic mass is 9.88. The molecular weight excluding hydrogens is 256 g/mol. The van der Waals surface area contributed by atoms with Crippen molar-refractivity contribution in [2.45, 2.75) is 51.9 Å². The monoisotopic (exact) mass is 276 g/mol. The van der Waals surface area contributed by atoms with Gasteiger partial charge < -0.3 is 0 Å². The van der Waals surface area contributed by atoms with E-state index in [2.05, 4.69) is 0 Å². The van der Waals surface area contributed by atoms with Crippen molar-refractivity contribution in [2.75, 3.05) is 0 Å². The first kappa shape index (κ1) is 16.0. The Labute approximate surface area is 111 Å². The quantitative estimate of drug-likeness (QED) is 0.445. The second kappa shape index (κ2) is 6.92. The van der Waals surface area contributed by atoms with E-state index in [0.717, 1.165) is 25.0 Å². The number of benzene rings is 1. The maximum atomic E-state index is 14.3. The summed E-state index contributed by atoms with van der Waals surface area (Å²) in [6.45, 7) is 3.68. The van der Waals surface area contributed by atoms with Crippen LogP contribution in [0.4, 0.5) is 17.6 Å². The van der Waals surface area contributed by atoms with Crippen LogP contribution in [0.2, 0.25) is 0 Å². The van der Waals surface area contributed by atoms with Gasteiger partial charge in [0.05, 0.1) is 0 Å². The highest BCUT2D eigenvalue weighted by Crippen LogP contribution is 2.41. The molecule has 0 aliphatic heterocycles. The van der Waals surface area contributed by atoms with Crippen molar-refractivity contribution in [3.05, 3.63) is 35.4 Å². The molecule has 108 valence electrons. The van der Waals surface area contributed by atoms with Crippen molar-refractivity contribution in [1.82, 2.24) is 0 Å². The van der Waals surface area contributed by atoms with E-state index in [-0.39, 0.29) is 6.42 Å². The highest BCUT2D eigenvalue weighted by Gasteiger charge is 2.40. The molecular formula is C15H20F4. The Morgan fingerprint density at radius 3 is 2.05 bits per heavy atom. The number of alkyl halides is 2. The first-order valence-electron chi connectivity index (χ1n) is 6.76. The van der Waals surface area contributed by atoms with E-state index >= 15 is 0 Å².